The van der Waals surface area contributed by atoms with Crippen LogP contribution in [0.4, 0.5) is 0 Å². The first-order valence-electron chi connectivity index (χ1n) is 18.0. The minimum absolute atomic E-state index is 0.0343. The fraction of sp³-hybridized carbons (Fsp3) is 0.676. The van der Waals surface area contributed by atoms with E-state index in [0.29, 0.717) is 12.2 Å². The maximum absolute atomic E-state index is 13.5. The molecule has 8 atom stereocenters. The van der Waals surface area contributed by atoms with Crippen molar-refractivity contribution in [3.63, 3.8) is 0 Å². The number of esters is 1. The van der Waals surface area contributed by atoms with Gasteiger partial charge in [0.1, 0.15) is 48.9 Å². The third-order valence-corrected chi connectivity index (χ3v) is 12.2. The molecule has 0 spiro atoms. The number of thioether (sulfide) groups is 1. The molecule has 2 rings (SSSR count). The summed E-state index contributed by atoms with van der Waals surface area (Å²) in [6, 6.07) is -6.51. The van der Waals surface area contributed by atoms with Crippen LogP contribution >= 0.6 is 33.3 Å². The number of carboxylic acids is 2. The maximum Gasteiger partial charge on any atom is 0.329 e. The van der Waals surface area contributed by atoms with E-state index in [4.69, 9.17) is 20.7 Å². The van der Waals surface area contributed by atoms with Gasteiger partial charge in [-0.3, -0.25) is 38.4 Å². The Kier molecular flexibility index (Phi) is 20.5. The molecule has 0 aromatic rings. The van der Waals surface area contributed by atoms with E-state index in [1.54, 1.807) is 40.7 Å². The molecular weight excluding hydrogens is 795 g/mol. The van der Waals surface area contributed by atoms with E-state index < -0.39 is 113 Å². The largest absolute Gasteiger partial charge is 0.480 e. The molecule has 2 heterocycles. The van der Waals surface area contributed by atoms with Crippen molar-refractivity contribution in [3.05, 3.63) is 12.2 Å². The van der Waals surface area contributed by atoms with Gasteiger partial charge in [0.05, 0.1) is 6.42 Å². The number of hydrogen-bond acceptors (Lipinski definition) is 14. The minimum Gasteiger partial charge on any atom is -0.480 e. The molecule has 0 aromatic carbocycles. The molecule has 0 radical (unpaired) electrons. The number of hydrogen-bond donors (Lipinski definition) is 9. The highest BCUT2D eigenvalue weighted by molar-refractivity contribution is 8.76. The Hall–Kier alpha value is -4.02. The summed E-state index contributed by atoms with van der Waals surface area (Å²) in [5.74, 6) is -7.24. The second kappa shape index (κ2) is 23.9. The fourth-order valence-corrected chi connectivity index (χ4v) is 8.46. The quantitative estimate of drug-likeness (QED) is 0.0363. The number of allylic oxidation sites excluding steroid dienone is 1. The zero-order valence-corrected chi connectivity index (χ0v) is 34.3. The molecule has 0 saturated carbocycles. The molecule has 2 aliphatic rings. The van der Waals surface area contributed by atoms with Gasteiger partial charge in [0.15, 0.2) is 0 Å². The van der Waals surface area contributed by atoms with Gasteiger partial charge in [0.2, 0.25) is 35.4 Å². The lowest BCUT2D eigenvalue weighted by Crippen LogP contribution is -2.59. The van der Waals surface area contributed by atoms with Gasteiger partial charge in [0.25, 0.3) is 0 Å². The molecule has 22 heteroatoms. The molecular formula is C34H53N7O12S3. The Morgan fingerprint density at radius 3 is 2.25 bits per heavy atom. The highest BCUT2D eigenvalue weighted by atomic mass is 33.1. The number of carbonyl (C=O) groups is 9. The molecule has 2 bridgehead atoms. The zero-order chi connectivity index (χ0) is 42.1. The van der Waals surface area contributed by atoms with E-state index in [1.165, 1.54) is 39.4 Å². The van der Waals surface area contributed by atoms with Crippen molar-refractivity contribution in [2.24, 2.45) is 17.6 Å². The maximum atomic E-state index is 13.5. The molecule has 10 N–H and O–H groups in total. The molecule has 314 valence electrons. The van der Waals surface area contributed by atoms with E-state index >= 15 is 0 Å². The van der Waals surface area contributed by atoms with Crippen LogP contribution in [0, 0.1) is 11.8 Å². The molecule has 2 saturated heterocycles. The summed E-state index contributed by atoms with van der Waals surface area (Å²) < 4.78 is 5.75. The van der Waals surface area contributed by atoms with Crippen molar-refractivity contribution in [1.82, 2.24) is 31.9 Å². The molecule has 8 unspecified atom stereocenters. The van der Waals surface area contributed by atoms with E-state index in [0.717, 1.165) is 0 Å². The first-order valence-corrected chi connectivity index (χ1v) is 21.5. The first-order chi connectivity index (χ1) is 26.3. The number of amides is 6. The van der Waals surface area contributed by atoms with Crippen molar-refractivity contribution in [2.75, 3.05) is 23.8 Å². The second-order valence-corrected chi connectivity index (χ2v) is 17.9. The van der Waals surface area contributed by atoms with Gasteiger partial charge in [-0.2, -0.15) is 11.8 Å². The topological polar surface area (TPSA) is 302 Å². The standard InChI is InChI=1S/C34H53N7O12S3/c1-16(2)26-31(48)38-21-14-54-18(5)28(41-30(21)47)32(49)40-27(17(3)4)34(52)53-19(12-24(43)39-26)8-6-7-11-55-56-15-22(29(46)36-13-25(44)45)37-23(42)10-9-20(35)33(50)51/h6,8,16-22,26-28H,7,9-15,35H2,1-5H3,(H,36,46)(H,37,42)(H,38,48)(H,39,43)(H,40,49)(H,41,47)(H,44,45)(H,50,51)/b8-6-. The number of fused-ring (bicyclic) bond motifs is 3. The fourth-order valence-electron chi connectivity index (χ4n) is 5.19. The Morgan fingerprint density at radius 2 is 1.62 bits per heavy atom. The van der Waals surface area contributed by atoms with Crippen molar-refractivity contribution in [2.45, 2.75) is 108 Å². The number of cyclic esters (lactones) is 1. The average Bonchev–Trinajstić information content (AvgIpc) is 3.25. The van der Waals surface area contributed by atoms with Crippen LogP contribution in [0.5, 0.6) is 0 Å². The Morgan fingerprint density at radius 1 is 0.946 bits per heavy atom. The number of carbonyl (C=O) groups excluding carboxylic acids is 7. The minimum atomic E-state index is -1.29. The number of rotatable bonds is 17. The van der Waals surface area contributed by atoms with Crippen LogP contribution in [-0.2, 0) is 47.9 Å². The predicted molar refractivity (Wildman–Crippen MR) is 210 cm³/mol. The first kappa shape index (κ1) is 48.1. The third-order valence-electron chi connectivity index (χ3n) is 8.45. The zero-order valence-electron chi connectivity index (χ0n) is 31.9. The number of aliphatic carboxylic acids is 2. The number of ether oxygens (including phenoxy) is 1. The molecule has 2 aliphatic heterocycles. The molecule has 0 aromatic heterocycles. The summed E-state index contributed by atoms with van der Waals surface area (Å²) in [4.78, 5) is 114. The van der Waals surface area contributed by atoms with Crippen LogP contribution in [-0.4, -0.2) is 135 Å². The Balaban J connectivity index is 2.16. The predicted octanol–water partition coefficient (Wildman–Crippen LogP) is -1.11. The summed E-state index contributed by atoms with van der Waals surface area (Å²) >= 11 is 1.30. The van der Waals surface area contributed by atoms with Gasteiger partial charge in [-0.15, -0.1) is 0 Å². The van der Waals surface area contributed by atoms with Crippen LogP contribution in [0.3, 0.4) is 0 Å². The summed E-state index contributed by atoms with van der Waals surface area (Å²) in [7, 11) is 2.52. The monoisotopic (exact) mass is 847 g/mol. The lowest BCUT2D eigenvalue weighted by atomic mass is 10.0. The summed E-state index contributed by atoms with van der Waals surface area (Å²) in [6.07, 6.45) is 1.69. The van der Waals surface area contributed by atoms with Crippen molar-refractivity contribution in [3.8, 4) is 0 Å². The van der Waals surface area contributed by atoms with Crippen LogP contribution in [0.2, 0.25) is 0 Å². The van der Waals surface area contributed by atoms with Gasteiger partial charge >= 0.3 is 17.9 Å². The second-order valence-electron chi connectivity index (χ2n) is 13.8. The van der Waals surface area contributed by atoms with Crippen molar-refractivity contribution < 1.29 is 58.1 Å². The van der Waals surface area contributed by atoms with Crippen LogP contribution < -0.4 is 37.6 Å². The van der Waals surface area contributed by atoms with E-state index in [-0.39, 0.29) is 36.7 Å². The van der Waals surface area contributed by atoms with Crippen LogP contribution in [0.15, 0.2) is 12.2 Å². The summed E-state index contributed by atoms with van der Waals surface area (Å²) in [6.45, 7) is 7.95. The van der Waals surface area contributed by atoms with Gasteiger partial charge in [0, 0.05) is 28.9 Å². The molecule has 0 aliphatic carbocycles. The Bertz CT molecular complexity index is 1480. The Labute approximate surface area is 337 Å². The lowest BCUT2D eigenvalue weighted by Gasteiger charge is -2.28. The van der Waals surface area contributed by atoms with Gasteiger partial charge < -0.3 is 52.6 Å². The van der Waals surface area contributed by atoms with Gasteiger partial charge in [-0.1, -0.05) is 62.3 Å². The normalized spacial score (nSPS) is 25.0. The SMILES string of the molecule is CC(C)C1NC(=O)CC(/C=C\CCSSCC(NC(=O)CCC(N)C(=O)O)C(=O)NCC(=O)O)OC(=O)C(C(C)C)NC(=O)C2NC(=O)C(CSC2C)NC1=O. The number of nitrogens with two attached hydrogens (primary N) is 1. The van der Waals surface area contributed by atoms with E-state index in [2.05, 4.69) is 31.9 Å². The third kappa shape index (κ3) is 16.6. The smallest absolute Gasteiger partial charge is 0.329 e. The summed E-state index contributed by atoms with van der Waals surface area (Å²) in [5.41, 5.74) is 5.44. The van der Waals surface area contributed by atoms with E-state index in [9.17, 15) is 43.2 Å². The molecule has 6 amide bonds. The van der Waals surface area contributed by atoms with Crippen LogP contribution in [0.1, 0.15) is 60.3 Å². The number of carboxylic acid groups (broad SMARTS) is 2. The molecule has 56 heavy (non-hydrogen) atoms. The van der Waals surface area contributed by atoms with Crippen molar-refractivity contribution >= 4 is 86.7 Å². The lowest BCUT2D eigenvalue weighted by molar-refractivity contribution is -0.153. The van der Waals surface area contributed by atoms with Crippen molar-refractivity contribution in [1.29, 1.82) is 0 Å². The number of nitrogens with one attached hydrogen (secondary N) is 6. The molecule has 2 fully saturated rings. The molecule has 19 nitrogen and oxygen atoms in total. The van der Waals surface area contributed by atoms with Gasteiger partial charge in [-0.05, 0) is 30.8 Å². The van der Waals surface area contributed by atoms with Crippen LogP contribution in [0.25, 0.3) is 0 Å². The highest BCUT2D eigenvalue weighted by Crippen LogP contribution is 2.24. The van der Waals surface area contributed by atoms with E-state index in [1.807, 2.05) is 0 Å². The summed E-state index contributed by atoms with van der Waals surface area (Å²) in [5, 5.41) is 32.9. The van der Waals surface area contributed by atoms with Gasteiger partial charge in [-0.25, -0.2) is 4.79 Å². The average molecular weight is 848 g/mol. The highest BCUT2D eigenvalue weighted by Gasteiger charge is 2.39.